The van der Waals surface area contributed by atoms with Gasteiger partial charge in [0.25, 0.3) is 0 Å². The third-order valence-electron chi connectivity index (χ3n) is 2.66. The molecule has 1 amide bonds. The topological polar surface area (TPSA) is 66.9 Å². The summed E-state index contributed by atoms with van der Waals surface area (Å²) in [7, 11) is 0. The van der Waals surface area contributed by atoms with E-state index in [2.05, 4.69) is 20.6 Å². The fraction of sp³-hybridized carbons (Fsp3) is 0.583. The number of rotatable bonds is 5. The molecule has 0 atom stereocenters. The minimum absolute atomic E-state index is 0.110. The maximum absolute atomic E-state index is 11.4. The van der Waals surface area contributed by atoms with Crippen molar-refractivity contribution in [2.75, 3.05) is 11.9 Å². The number of carbonyl (C=O) groups is 1. The minimum atomic E-state index is 0.110. The van der Waals surface area contributed by atoms with E-state index in [0.717, 1.165) is 30.0 Å². The Morgan fingerprint density at radius 1 is 1.47 bits per heavy atom. The molecule has 1 saturated carbocycles. The fourth-order valence-corrected chi connectivity index (χ4v) is 1.53. The molecule has 0 aromatic carbocycles. The molecule has 1 aliphatic rings. The zero-order valence-corrected chi connectivity index (χ0v) is 10.3. The molecular weight excluding hydrogens is 216 g/mol. The smallest absolute Gasteiger partial charge is 0.221 e. The molecule has 0 spiro atoms. The lowest BCUT2D eigenvalue weighted by Crippen LogP contribution is -2.27. The number of nitrogens with zero attached hydrogens (tertiary/aromatic N) is 2. The van der Waals surface area contributed by atoms with Crippen LogP contribution in [0.5, 0.6) is 0 Å². The summed E-state index contributed by atoms with van der Waals surface area (Å²) in [4.78, 5) is 20.0. The van der Waals surface area contributed by atoms with Crippen LogP contribution in [-0.4, -0.2) is 28.5 Å². The van der Waals surface area contributed by atoms with E-state index in [0.29, 0.717) is 19.0 Å². The lowest BCUT2D eigenvalue weighted by Gasteiger charge is -2.08. The Morgan fingerprint density at radius 2 is 2.24 bits per heavy atom. The molecule has 1 aliphatic carbocycles. The van der Waals surface area contributed by atoms with Gasteiger partial charge in [0.2, 0.25) is 5.91 Å². The molecule has 1 aromatic rings. The van der Waals surface area contributed by atoms with E-state index >= 15 is 0 Å². The molecule has 2 N–H and O–H groups in total. The number of aryl methyl sites for hydroxylation is 2. The van der Waals surface area contributed by atoms with Gasteiger partial charge in [0.1, 0.15) is 5.82 Å². The monoisotopic (exact) mass is 234 g/mol. The summed E-state index contributed by atoms with van der Waals surface area (Å²) in [6.07, 6.45) is 4.47. The standard InChI is InChI=1S/C12H18N4O/c1-8-7-14-9(2)12(15-8)13-6-5-11(17)16-10-3-4-10/h7,10H,3-6H2,1-2H3,(H,13,15)(H,16,17). The number of amides is 1. The average molecular weight is 234 g/mol. The van der Waals surface area contributed by atoms with Crippen molar-refractivity contribution in [3.8, 4) is 0 Å². The predicted molar refractivity (Wildman–Crippen MR) is 65.8 cm³/mol. The van der Waals surface area contributed by atoms with Crippen molar-refractivity contribution in [3.05, 3.63) is 17.6 Å². The SMILES string of the molecule is Cc1cnc(C)c(NCCC(=O)NC2CC2)n1. The van der Waals surface area contributed by atoms with Crippen molar-refractivity contribution in [1.82, 2.24) is 15.3 Å². The molecule has 1 aromatic heterocycles. The molecule has 1 fully saturated rings. The van der Waals surface area contributed by atoms with Gasteiger partial charge in [-0.1, -0.05) is 0 Å². The highest BCUT2D eigenvalue weighted by atomic mass is 16.1. The van der Waals surface area contributed by atoms with E-state index in [9.17, 15) is 4.79 Å². The second-order valence-electron chi connectivity index (χ2n) is 4.46. The van der Waals surface area contributed by atoms with Gasteiger partial charge in [0, 0.05) is 25.2 Å². The number of carbonyl (C=O) groups excluding carboxylic acids is 1. The average Bonchev–Trinajstić information content (AvgIpc) is 3.07. The molecule has 1 heterocycles. The molecule has 5 nitrogen and oxygen atoms in total. The van der Waals surface area contributed by atoms with Crippen LogP contribution in [0.2, 0.25) is 0 Å². The second-order valence-corrected chi connectivity index (χ2v) is 4.46. The van der Waals surface area contributed by atoms with E-state index in [4.69, 9.17) is 0 Å². The Kier molecular flexibility index (Phi) is 3.56. The molecule has 2 rings (SSSR count). The Morgan fingerprint density at radius 3 is 2.94 bits per heavy atom. The number of hydrogen-bond acceptors (Lipinski definition) is 4. The van der Waals surface area contributed by atoms with Gasteiger partial charge in [-0.3, -0.25) is 9.78 Å². The van der Waals surface area contributed by atoms with Crippen molar-refractivity contribution in [2.45, 2.75) is 39.2 Å². The summed E-state index contributed by atoms with van der Waals surface area (Å²) in [6.45, 7) is 4.40. The van der Waals surface area contributed by atoms with Crippen LogP contribution in [0.25, 0.3) is 0 Å². The highest BCUT2D eigenvalue weighted by Gasteiger charge is 2.22. The predicted octanol–water partition coefficient (Wildman–Crippen LogP) is 1.17. The first-order valence-electron chi connectivity index (χ1n) is 5.98. The Labute approximate surface area is 101 Å². The summed E-state index contributed by atoms with van der Waals surface area (Å²) in [6, 6.07) is 0.433. The largest absolute Gasteiger partial charge is 0.368 e. The summed E-state index contributed by atoms with van der Waals surface area (Å²) in [5, 5.41) is 6.10. The summed E-state index contributed by atoms with van der Waals surface area (Å²) >= 11 is 0. The Balaban J connectivity index is 1.76. The van der Waals surface area contributed by atoms with Gasteiger partial charge in [-0.25, -0.2) is 4.98 Å². The maximum Gasteiger partial charge on any atom is 0.221 e. The summed E-state index contributed by atoms with van der Waals surface area (Å²) in [5.41, 5.74) is 1.73. The van der Waals surface area contributed by atoms with Crippen LogP contribution in [-0.2, 0) is 4.79 Å². The van der Waals surface area contributed by atoms with E-state index in [1.807, 2.05) is 13.8 Å². The molecule has 0 aliphatic heterocycles. The Hall–Kier alpha value is -1.65. The van der Waals surface area contributed by atoms with Crippen LogP contribution in [0.1, 0.15) is 30.7 Å². The maximum atomic E-state index is 11.4. The van der Waals surface area contributed by atoms with Gasteiger partial charge in [-0.05, 0) is 26.7 Å². The van der Waals surface area contributed by atoms with Gasteiger partial charge in [-0.15, -0.1) is 0 Å². The third-order valence-corrected chi connectivity index (χ3v) is 2.66. The van der Waals surface area contributed by atoms with Crippen LogP contribution in [0.15, 0.2) is 6.20 Å². The quantitative estimate of drug-likeness (QED) is 0.802. The molecule has 92 valence electrons. The fourth-order valence-electron chi connectivity index (χ4n) is 1.53. The van der Waals surface area contributed by atoms with Gasteiger partial charge in [0.05, 0.1) is 11.4 Å². The third kappa shape index (κ3) is 3.69. The highest BCUT2D eigenvalue weighted by molar-refractivity contribution is 5.77. The van der Waals surface area contributed by atoms with Gasteiger partial charge in [-0.2, -0.15) is 0 Å². The van der Waals surface area contributed by atoms with Gasteiger partial charge in [0.15, 0.2) is 0 Å². The zero-order chi connectivity index (χ0) is 12.3. The minimum Gasteiger partial charge on any atom is -0.368 e. The van der Waals surface area contributed by atoms with Crippen LogP contribution >= 0.6 is 0 Å². The first kappa shape index (κ1) is 11.8. The van der Waals surface area contributed by atoms with E-state index in [1.165, 1.54) is 0 Å². The van der Waals surface area contributed by atoms with E-state index in [-0.39, 0.29) is 5.91 Å². The van der Waals surface area contributed by atoms with Crippen LogP contribution < -0.4 is 10.6 Å². The van der Waals surface area contributed by atoms with Crippen LogP contribution in [0, 0.1) is 13.8 Å². The lowest BCUT2D eigenvalue weighted by molar-refractivity contribution is -0.120. The van der Waals surface area contributed by atoms with E-state index in [1.54, 1.807) is 6.20 Å². The lowest BCUT2D eigenvalue weighted by atomic mass is 10.3. The summed E-state index contributed by atoms with van der Waals surface area (Å²) < 4.78 is 0. The zero-order valence-electron chi connectivity index (χ0n) is 10.3. The Bertz CT molecular complexity index is 415. The number of nitrogens with one attached hydrogen (secondary N) is 2. The molecule has 17 heavy (non-hydrogen) atoms. The van der Waals surface area contributed by atoms with Gasteiger partial charge < -0.3 is 10.6 Å². The molecule has 5 heteroatoms. The van der Waals surface area contributed by atoms with Crippen LogP contribution in [0.3, 0.4) is 0 Å². The first-order chi connectivity index (χ1) is 8.15. The van der Waals surface area contributed by atoms with Gasteiger partial charge >= 0.3 is 0 Å². The molecule has 0 bridgehead atoms. The van der Waals surface area contributed by atoms with Crippen molar-refractivity contribution in [2.24, 2.45) is 0 Å². The number of aromatic nitrogens is 2. The van der Waals surface area contributed by atoms with Crippen LogP contribution in [0.4, 0.5) is 5.82 Å². The molecule has 0 radical (unpaired) electrons. The van der Waals surface area contributed by atoms with Crippen molar-refractivity contribution < 1.29 is 4.79 Å². The molecule has 0 unspecified atom stereocenters. The molecular formula is C12H18N4O. The summed E-state index contributed by atoms with van der Waals surface area (Å²) in [5.74, 6) is 0.877. The second kappa shape index (κ2) is 5.12. The number of anilines is 1. The molecule has 0 saturated heterocycles. The normalized spacial score (nSPS) is 14.5. The van der Waals surface area contributed by atoms with E-state index < -0.39 is 0 Å². The highest BCUT2D eigenvalue weighted by Crippen LogP contribution is 2.18. The number of hydrogen-bond donors (Lipinski definition) is 2. The van der Waals surface area contributed by atoms with Crippen molar-refractivity contribution in [3.63, 3.8) is 0 Å². The first-order valence-corrected chi connectivity index (χ1v) is 5.98. The van der Waals surface area contributed by atoms with Crippen molar-refractivity contribution >= 4 is 11.7 Å². The van der Waals surface area contributed by atoms with Crippen molar-refractivity contribution in [1.29, 1.82) is 0 Å².